The molecular formula is C15H20BrN5S. The summed E-state index contributed by atoms with van der Waals surface area (Å²) in [5.74, 6) is 0.803. The number of thiazole rings is 1. The molecule has 7 heteroatoms. The van der Waals surface area contributed by atoms with E-state index in [2.05, 4.69) is 60.0 Å². The number of anilines is 1. The van der Waals surface area contributed by atoms with Gasteiger partial charge in [0.1, 0.15) is 0 Å². The van der Waals surface area contributed by atoms with Gasteiger partial charge in [-0.25, -0.2) is 15.0 Å². The number of halogens is 1. The topological polar surface area (TPSA) is 45.2 Å². The van der Waals surface area contributed by atoms with Crippen LogP contribution >= 0.6 is 27.3 Å². The molecule has 118 valence electrons. The number of nitrogens with zero attached hydrogens (tertiary/aromatic N) is 5. The molecule has 0 aromatic carbocycles. The molecule has 0 N–H and O–H groups in total. The van der Waals surface area contributed by atoms with E-state index in [0.717, 1.165) is 47.9 Å². The van der Waals surface area contributed by atoms with E-state index in [1.165, 1.54) is 5.69 Å². The van der Waals surface area contributed by atoms with Gasteiger partial charge in [-0.05, 0) is 35.7 Å². The van der Waals surface area contributed by atoms with E-state index < -0.39 is 0 Å². The molecule has 2 aromatic rings. The Hall–Kier alpha value is -1.05. The second-order valence-electron chi connectivity index (χ2n) is 5.68. The second-order valence-corrected chi connectivity index (χ2v) is 7.66. The van der Waals surface area contributed by atoms with E-state index in [1.807, 2.05) is 0 Å². The Kier molecular flexibility index (Phi) is 5.05. The van der Waals surface area contributed by atoms with E-state index >= 15 is 0 Å². The summed E-state index contributed by atoms with van der Waals surface area (Å²) < 4.78 is 0.915. The van der Waals surface area contributed by atoms with Crippen LogP contribution in [0.2, 0.25) is 0 Å². The van der Waals surface area contributed by atoms with Crippen molar-refractivity contribution in [3.05, 3.63) is 32.9 Å². The van der Waals surface area contributed by atoms with Crippen LogP contribution in [0, 0.1) is 6.92 Å². The van der Waals surface area contributed by atoms with Crippen molar-refractivity contribution < 1.29 is 0 Å². The van der Waals surface area contributed by atoms with Crippen molar-refractivity contribution in [1.29, 1.82) is 0 Å². The van der Waals surface area contributed by atoms with Crippen molar-refractivity contribution in [3.8, 4) is 0 Å². The average Bonchev–Trinajstić information content (AvgIpc) is 2.93. The fourth-order valence-electron chi connectivity index (χ4n) is 2.83. The van der Waals surface area contributed by atoms with Crippen molar-refractivity contribution in [3.63, 3.8) is 0 Å². The molecule has 3 heterocycles. The summed E-state index contributed by atoms with van der Waals surface area (Å²) >= 11 is 5.11. The van der Waals surface area contributed by atoms with Gasteiger partial charge < -0.3 is 4.90 Å². The zero-order valence-corrected chi connectivity index (χ0v) is 15.3. The Balaban J connectivity index is 1.53. The minimum Gasteiger partial charge on any atom is -0.341 e. The van der Waals surface area contributed by atoms with Crippen molar-refractivity contribution in [2.24, 2.45) is 0 Å². The Bertz CT molecular complexity index is 607. The summed E-state index contributed by atoms with van der Waals surface area (Å²) in [6.45, 7) is 5.23. The lowest BCUT2D eigenvalue weighted by atomic mass is 10.0. The molecule has 0 radical (unpaired) electrons. The molecule has 0 amide bonds. The lowest BCUT2D eigenvalue weighted by Crippen LogP contribution is -2.43. The molecule has 0 unspecified atom stereocenters. The maximum absolute atomic E-state index is 4.56. The highest BCUT2D eigenvalue weighted by atomic mass is 79.9. The van der Waals surface area contributed by atoms with Crippen LogP contribution in [0.15, 0.2) is 22.2 Å². The predicted molar refractivity (Wildman–Crippen MR) is 93.3 cm³/mol. The van der Waals surface area contributed by atoms with E-state index in [-0.39, 0.29) is 0 Å². The first-order valence-corrected chi connectivity index (χ1v) is 9.13. The van der Waals surface area contributed by atoms with E-state index in [9.17, 15) is 0 Å². The molecule has 0 saturated carbocycles. The molecule has 22 heavy (non-hydrogen) atoms. The predicted octanol–water partition coefficient (Wildman–Crippen LogP) is 3.10. The lowest BCUT2D eigenvalue weighted by Gasteiger charge is -2.36. The second kappa shape index (κ2) is 7.02. The van der Waals surface area contributed by atoms with Gasteiger partial charge in [0.15, 0.2) is 0 Å². The molecule has 1 aliphatic rings. The van der Waals surface area contributed by atoms with Gasteiger partial charge in [0.2, 0.25) is 5.95 Å². The molecule has 0 spiro atoms. The first-order valence-electron chi connectivity index (χ1n) is 7.45. The number of aromatic nitrogens is 3. The molecular weight excluding hydrogens is 362 g/mol. The van der Waals surface area contributed by atoms with E-state index in [1.54, 1.807) is 23.7 Å². The summed E-state index contributed by atoms with van der Waals surface area (Å²) in [6, 6.07) is 0.509. The van der Waals surface area contributed by atoms with Gasteiger partial charge in [-0.1, -0.05) is 0 Å². The SMILES string of the molecule is Cc1nc(CN2CCC(N(C)c3ncc(Br)cn3)CC2)cs1. The van der Waals surface area contributed by atoms with Crippen LogP contribution < -0.4 is 4.90 Å². The molecule has 3 rings (SSSR count). The average molecular weight is 382 g/mol. The van der Waals surface area contributed by atoms with Crippen molar-refractivity contribution >= 4 is 33.2 Å². The number of hydrogen-bond donors (Lipinski definition) is 0. The van der Waals surface area contributed by atoms with Crippen molar-refractivity contribution in [2.75, 3.05) is 25.0 Å². The smallest absolute Gasteiger partial charge is 0.225 e. The van der Waals surface area contributed by atoms with Gasteiger partial charge in [-0.15, -0.1) is 11.3 Å². The molecule has 0 aliphatic carbocycles. The summed E-state index contributed by atoms with van der Waals surface area (Å²) in [7, 11) is 2.09. The third-order valence-corrected chi connectivity index (χ3v) is 5.31. The number of rotatable bonds is 4. The van der Waals surface area contributed by atoms with E-state index in [0.29, 0.717) is 6.04 Å². The monoisotopic (exact) mass is 381 g/mol. The first-order chi connectivity index (χ1) is 10.6. The van der Waals surface area contributed by atoms with Gasteiger partial charge in [0.05, 0.1) is 15.2 Å². The van der Waals surface area contributed by atoms with Crippen LogP contribution in [-0.2, 0) is 6.54 Å². The summed E-state index contributed by atoms with van der Waals surface area (Å²) in [6.07, 6.45) is 5.88. The van der Waals surface area contributed by atoms with Gasteiger partial charge in [0, 0.05) is 50.5 Å². The molecule has 0 bridgehead atoms. The highest BCUT2D eigenvalue weighted by Crippen LogP contribution is 2.21. The highest BCUT2D eigenvalue weighted by Gasteiger charge is 2.24. The Labute approximate surface area is 143 Å². The van der Waals surface area contributed by atoms with Gasteiger partial charge in [-0.2, -0.15) is 0 Å². The largest absolute Gasteiger partial charge is 0.341 e. The maximum Gasteiger partial charge on any atom is 0.225 e. The zero-order chi connectivity index (χ0) is 15.5. The van der Waals surface area contributed by atoms with Crippen LogP contribution in [0.25, 0.3) is 0 Å². The Morgan fingerprint density at radius 1 is 1.32 bits per heavy atom. The van der Waals surface area contributed by atoms with Crippen LogP contribution in [0.3, 0.4) is 0 Å². The number of aryl methyl sites for hydroxylation is 1. The molecule has 1 aliphatic heterocycles. The van der Waals surface area contributed by atoms with Gasteiger partial charge in [-0.3, -0.25) is 4.90 Å². The first kappa shape index (κ1) is 15.8. The molecule has 0 atom stereocenters. The maximum atomic E-state index is 4.56. The highest BCUT2D eigenvalue weighted by molar-refractivity contribution is 9.10. The Morgan fingerprint density at radius 3 is 2.59 bits per heavy atom. The standard InChI is InChI=1S/C15H20BrN5S/c1-11-19-13(10-22-11)9-21-5-3-14(4-6-21)20(2)15-17-7-12(16)8-18-15/h7-8,10,14H,3-6,9H2,1-2H3. The quantitative estimate of drug-likeness (QED) is 0.813. The summed E-state index contributed by atoms with van der Waals surface area (Å²) in [5, 5.41) is 3.32. The fourth-order valence-corrected chi connectivity index (χ4v) is 3.63. The van der Waals surface area contributed by atoms with E-state index in [4.69, 9.17) is 0 Å². The number of hydrogen-bond acceptors (Lipinski definition) is 6. The minimum absolute atomic E-state index is 0.509. The van der Waals surface area contributed by atoms with Gasteiger partial charge >= 0.3 is 0 Å². The minimum atomic E-state index is 0.509. The summed E-state index contributed by atoms with van der Waals surface area (Å²) in [5.41, 5.74) is 1.20. The Morgan fingerprint density at radius 2 is 2.00 bits per heavy atom. The molecule has 1 fully saturated rings. The zero-order valence-electron chi connectivity index (χ0n) is 12.9. The molecule has 1 saturated heterocycles. The van der Waals surface area contributed by atoms with Crippen LogP contribution in [0.5, 0.6) is 0 Å². The normalized spacial score (nSPS) is 16.9. The number of likely N-dealkylation sites (tertiary alicyclic amines) is 1. The third-order valence-electron chi connectivity index (χ3n) is 4.08. The van der Waals surface area contributed by atoms with Crippen LogP contribution in [0.4, 0.5) is 5.95 Å². The summed E-state index contributed by atoms with van der Waals surface area (Å²) in [4.78, 5) is 18.0. The number of piperidine rings is 1. The molecule has 5 nitrogen and oxygen atoms in total. The fraction of sp³-hybridized carbons (Fsp3) is 0.533. The molecule has 2 aromatic heterocycles. The van der Waals surface area contributed by atoms with Gasteiger partial charge in [0.25, 0.3) is 0 Å². The van der Waals surface area contributed by atoms with Crippen LogP contribution in [-0.4, -0.2) is 46.0 Å². The lowest BCUT2D eigenvalue weighted by molar-refractivity contribution is 0.201. The van der Waals surface area contributed by atoms with Crippen molar-refractivity contribution in [2.45, 2.75) is 32.4 Å². The van der Waals surface area contributed by atoms with Crippen molar-refractivity contribution in [1.82, 2.24) is 19.9 Å². The third kappa shape index (κ3) is 3.83. The van der Waals surface area contributed by atoms with Crippen LogP contribution in [0.1, 0.15) is 23.5 Å².